The monoisotopic (exact) mass is 405 g/mol. The number of nitrogens with zero attached hydrogens (tertiary/aromatic N) is 2. The summed E-state index contributed by atoms with van der Waals surface area (Å²) in [6.45, 7) is 0.285. The van der Waals surface area contributed by atoms with Crippen molar-refractivity contribution >= 4 is 35.0 Å². The molecule has 2 aromatic carbocycles. The number of anilines is 4. The highest BCUT2D eigenvalue weighted by atomic mass is 19.1. The van der Waals surface area contributed by atoms with Gasteiger partial charge in [-0.15, -0.1) is 0 Å². The van der Waals surface area contributed by atoms with Crippen molar-refractivity contribution in [3.05, 3.63) is 71.7 Å². The summed E-state index contributed by atoms with van der Waals surface area (Å²) >= 11 is 0. The predicted molar refractivity (Wildman–Crippen MR) is 114 cm³/mol. The summed E-state index contributed by atoms with van der Waals surface area (Å²) in [5.74, 6) is 0.775. The van der Waals surface area contributed by atoms with Gasteiger partial charge in [-0.1, -0.05) is 18.2 Å². The first kappa shape index (κ1) is 19.4. The van der Waals surface area contributed by atoms with Gasteiger partial charge in [0.2, 0.25) is 0 Å². The molecule has 4 rings (SSSR count). The molecule has 0 saturated heterocycles. The first-order valence-electron chi connectivity index (χ1n) is 9.33. The lowest BCUT2D eigenvalue weighted by Gasteiger charge is -2.26. The predicted octanol–water partition coefficient (Wildman–Crippen LogP) is 3.93. The Hall–Kier alpha value is -3.94. The van der Waals surface area contributed by atoms with Crippen molar-refractivity contribution in [3.63, 3.8) is 0 Å². The van der Waals surface area contributed by atoms with Crippen LogP contribution in [0.2, 0.25) is 0 Å². The van der Waals surface area contributed by atoms with E-state index in [-0.39, 0.29) is 24.9 Å². The molecule has 7 nitrogen and oxygen atoms in total. The number of fused-ring (bicyclic) bond motifs is 1. The Labute approximate surface area is 173 Å². The highest BCUT2D eigenvalue weighted by Crippen LogP contribution is 2.34. The lowest BCUT2D eigenvalue weighted by molar-refractivity contribution is -0.120. The zero-order chi connectivity index (χ0) is 21.1. The average molecular weight is 405 g/mol. The van der Waals surface area contributed by atoms with E-state index in [0.717, 1.165) is 5.69 Å². The number of benzene rings is 2. The minimum atomic E-state index is -0.286. The van der Waals surface area contributed by atoms with E-state index in [1.54, 1.807) is 54.5 Å². The molecule has 1 aliphatic heterocycles. The summed E-state index contributed by atoms with van der Waals surface area (Å²) in [5.41, 5.74) is 3.23. The summed E-state index contributed by atoms with van der Waals surface area (Å²) in [6.07, 6.45) is 2.76. The van der Waals surface area contributed by atoms with Crippen LogP contribution in [-0.4, -0.2) is 30.8 Å². The van der Waals surface area contributed by atoms with E-state index in [0.29, 0.717) is 34.1 Å². The summed E-state index contributed by atoms with van der Waals surface area (Å²) in [5, 5.41) is 14.0. The third kappa shape index (κ3) is 3.93. The second-order valence-electron chi connectivity index (χ2n) is 6.80. The molecule has 0 aliphatic carbocycles. The van der Waals surface area contributed by atoms with E-state index in [2.05, 4.69) is 15.6 Å². The molecular weight excluding hydrogens is 385 g/mol. The zero-order valence-corrected chi connectivity index (χ0v) is 16.3. The van der Waals surface area contributed by atoms with Gasteiger partial charge in [0.25, 0.3) is 5.91 Å². The van der Waals surface area contributed by atoms with Crippen LogP contribution in [0.4, 0.5) is 27.3 Å². The summed E-state index contributed by atoms with van der Waals surface area (Å²) in [4.78, 5) is 17.6. The van der Waals surface area contributed by atoms with Crippen molar-refractivity contribution in [3.8, 4) is 5.75 Å². The Balaban J connectivity index is 1.54. The largest absolute Gasteiger partial charge is 0.481 e. The number of hydrogen-bond donors (Lipinski definition) is 3. The molecule has 0 spiro atoms. The first-order chi connectivity index (χ1) is 14.5. The maximum absolute atomic E-state index is 13.9. The number of likely N-dealkylation sites (N-methyl/N-ethyl adjacent to an activating group) is 1. The van der Waals surface area contributed by atoms with E-state index >= 15 is 0 Å². The molecule has 1 aromatic heterocycles. The summed E-state index contributed by atoms with van der Waals surface area (Å²) < 4.78 is 19.4. The van der Waals surface area contributed by atoms with E-state index in [4.69, 9.17) is 10.1 Å². The van der Waals surface area contributed by atoms with Crippen LogP contribution in [0.25, 0.3) is 0 Å². The van der Waals surface area contributed by atoms with Crippen LogP contribution in [0.15, 0.2) is 54.7 Å². The van der Waals surface area contributed by atoms with E-state index in [1.165, 1.54) is 12.3 Å². The molecule has 30 heavy (non-hydrogen) atoms. The van der Waals surface area contributed by atoms with Gasteiger partial charge in [-0.05, 0) is 18.2 Å². The molecule has 0 atom stereocenters. The maximum atomic E-state index is 13.9. The van der Waals surface area contributed by atoms with Crippen LogP contribution in [-0.2, 0) is 11.3 Å². The van der Waals surface area contributed by atoms with Gasteiger partial charge in [0.05, 0.1) is 5.69 Å². The molecule has 8 heteroatoms. The topological polar surface area (TPSA) is 90.3 Å². The van der Waals surface area contributed by atoms with Crippen molar-refractivity contribution in [2.75, 3.05) is 29.2 Å². The molecule has 0 bridgehead atoms. The quantitative estimate of drug-likeness (QED) is 0.541. The number of nitrogens with one attached hydrogen (secondary N) is 3. The number of carbonyl (C=O) groups excluding carboxylic acids is 1. The van der Waals surface area contributed by atoms with Gasteiger partial charge < -0.3 is 25.7 Å². The molecule has 152 valence electrons. The lowest BCUT2D eigenvalue weighted by Crippen LogP contribution is -2.35. The van der Waals surface area contributed by atoms with Crippen LogP contribution < -0.4 is 20.3 Å². The van der Waals surface area contributed by atoms with Crippen molar-refractivity contribution in [2.24, 2.45) is 0 Å². The van der Waals surface area contributed by atoms with Crippen LogP contribution in [0.5, 0.6) is 5.75 Å². The fraction of sp³-hybridized carbons (Fsp3) is 0.136. The van der Waals surface area contributed by atoms with Crippen LogP contribution in [0.3, 0.4) is 0 Å². The first-order valence-corrected chi connectivity index (χ1v) is 9.33. The number of halogens is 1. The zero-order valence-electron chi connectivity index (χ0n) is 16.3. The van der Waals surface area contributed by atoms with Crippen molar-refractivity contribution < 1.29 is 13.9 Å². The maximum Gasteiger partial charge on any atom is 0.264 e. The molecule has 1 aliphatic rings. The van der Waals surface area contributed by atoms with Crippen molar-refractivity contribution in [2.45, 2.75) is 6.54 Å². The molecule has 1 amide bonds. The molecule has 0 radical (unpaired) electrons. The number of carbonyl (C=O) groups is 1. The van der Waals surface area contributed by atoms with Gasteiger partial charge in [-0.2, -0.15) is 0 Å². The van der Waals surface area contributed by atoms with Crippen LogP contribution in [0, 0.1) is 11.2 Å². The number of aromatic nitrogens is 1. The average Bonchev–Trinajstić information content (AvgIpc) is 2.76. The molecular formula is C22H20FN5O2. The van der Waals surface area contributed by atoms with Crippen molar-refractivity contribution in [1.29, 1.82) is 5.41 Å². The SMILES string of the molecule is CN1C(=O)COc2cc(Nc3cc(NCc4ccccc4F)c(C=N)cn3)ccc21. The van der Waals surface area contributed by atoms with E-state index in [9.17, 15) is 9.18 Å². The third-order valence-corrected chi connectivity index (χ3v) is 4.84. The number of pyridine rings is 1. The number of ether oxygens (including phenoxy) is 1. The van der Waals surface area contributed by atoms with E-state index in [1.807, 2.05) is 6.07 Å². The highest BCUT2D eigenvalue weighted by molar-refractivity contribution is 5.97. The van der Waals surface area contributed by atoms with E-state index < -0.39 is 0 Å². The standard InChI is InChI=1S/C22H20FN5O2/c1-28-19-7-6-16(8-20(19)30-13-22(28)29)27-21-9-18(15(10-24)12-26-21)25-11-14-4-2-3-5-17(14)23/h2-10,12,24H,11,13H2,1H3,(H2,25,26,27). The normalized spacial score (nSPS) is 12.7. The Morgan fingerprint density at radius 3 is 2.90 bits per heavy atom. The van der Waals surface area contributed by atoms with Crippen molar-refractivity contribution in [1.82, 2.24) is 4.98 Å². The molecule has 0 fully saturated rings. The Bertz CT molecular complexity index is 1120. The second-order valence-corrected chi connectivity index (χ2v) is 6.80. The van der Waals surface area contributed by atoms with Gasteiger partial charge in [-0.25, -0.2) is 9.37 Å². The van der Waals surface area contributed by atoms with Gasteiger partial charge in [0, 0.05) is 60.6 Å². The fourth-order valence-corrected chi connectivity index (χ4v) is 3.14. The Morgan fingerprint density at radius 2 is 2.10 bits per heavy atom. The fourth-order valence-electron chi connectivity index (χ4n) is 3.14. The van der Waals surface area contributed by atoms with Crippen LogP contribution in [0.1, 0.15) is 11.1 Å². The van der Waals surface area contributed by atoms with Gasteiger partial charge in [-0.3, -0.25) is 4.79 Å². The molecule has 3 aromatic rings. The Morgan fingerprint density at radius 1 is 1.27 bits per heavy atom. The number of amides is 1. The third-order valence-electron chi connectivity index (χ3n) is 4.84. The highest BCUT2D eigenvalue weighted by Gasteiger charge is 2.22. The number of rotatable bonds is 6. The van der Waals surface area contributed by atoms with Gasteiger partial charge in [0.1, 0.15) is 17.4 Å². The Kier molecular flexibility index (Phi) is 5.30. The van der Waals surface area contributed by atoms with Gasteiger partial charge >= 0.3 is 0 Å². The smallest absolute Gasteiger partial charge is 0.264 e. The lowest BCUT2D eigenvalue weighted by atomic mass is 10.2. The molecule has 3 N–H and O–H groups in total. The minimum absolute atomic E-state index is 0.00332. The molecule has 0 unspecified atom stereocenters. The molecule has 0 saturated carbocycles. The van der Waals surface area contributed by atoms with Gasteiger partial charge in [0.15, 0.2) is 6.61 Å². The summed E-state index contributed by atoms with van der Waals surface area (Å²) in [6, 6.07) is 13.7. The summed E-state index contributed by atoms with van der Waals surface area (Å²) in [7, 11) is 1.71. The van der Waals surface area contributed by atoms with Crippen LogP contribution >= 0.6 is 0 Å². The second kappa shape index (κ2) is 8.20. The minimum Gasteiger partial charge on any atom is -0.481 e. The number of hydrogen-bond acceptors (Lipinski definition) is 6. The molecule has 2 heterocycles.